The van der Waals surface area contributed by atoms with Gasteiger partial charge in [0.05, 0.1) is 12.8 Å². The molecule has 0 aliphatic carbocycles. The lowest BCUT2D eigenvalue weighted by Gasteiger charge is -2.10. The number of hydrogen-bond donors (Lipinski definition) is 1. The van der Waals surface area contributed by atoms with Crippen molar-refractivity contribution < 1.29 is 9.53 Å². The van der Waals surface area contributed by atoms with E-state index in [0.717, 1.165) is 26.8 Å². The van der Waals surface area contributed by atoms with Gasteiger partial charge in [-0.2, -0.15) is 5.10 Å². The summed E-state index contributed by atoms with van der Waals surface area (Å²) < 4.78 is 5.80. The van der Waals surface area contributed by atoms with Crippen LogP contribution in [-0.2, 0) is 0 Å². The Hall–Kier alpha value is -2.99. The summed E-state index contributed by atoms with van der Waals surface area (Å²) in [5.74, 6) is 0.842. The number of aryl methyl sites for hydroxylation is 1. The van der Waals surface area contributed by atoms with Crippen LogP contribution < -0.4 is 10.2 Å². The molecule has 1 heterocycles. The third kappa shape index (κ3) is 5.04. The molecule has 0 saturated carbocycles. The second kappa shape index (κ2) is 9.28. The topological polar surface area (TPSA) is 63.6 Å². The van der Waals surface area contributed by atoms with E-state index in [1.807, 2.05) is 61.5 Å². The predicted molar refractivity (Wildman–Crippen MR) is 114 cm³/mol. The number of thiazole rings is 1. The van der Waals surface area contributed by atoms with E-state index < -0.39 is 0 Å². The lowest BCUT2D eigenvalue weighted by atomic mass is 10.2. The van der Waals surface area contributed by atoms with Crippen LogP contribution in [0.5, 0.6) is 5.75 Å². The van der Waals surface area contributed by atoms with Crippen LogP contribution in [-0.4, -0.2) is 23.7 Å². The molecule has 0 bridgehead atoms. The smallest absolute Gasteiger partial charge is 0.291 e. The van der Waals surface area contributed by atoms with Crippen molar-refractivity contribution in [3.63, 3.8) is 0 Å². The molecule has 2 aromatic carbocycles. The first-order chi connectivity index (χ1) is 13.5. The van der Waals surface area contributed by atoms with Crippen molar-refractivity contribution in [2.45, 2.75) is 20.8 Å². The second-order valence-corrected chi connectivity index (χ2v) is 7.93. The van der Waals surface area contributed by atoms with Crippen molar-refractivity contribution in [3.8, 4) is 16.3 Å². The molecule has 0 radical (unpaired) electrons. The number of amides is 1. The van der Waals surface area contributed by atoms with Crippen molar-refractivity contribution in [3.05, 3.63) is 70.7 Å². The van der Waals surface area contributed by atoms with E-state index in [-0.39, 0.29) is 5.91 Å². The van der Waals surface area contributed by atoms with Crippen LogP contribution in [0, 0.1) is 12.8 Å². The minimum absolute atomic E-state index is 0.326. The number of hydrazone groups is 1. The average molecular weight is 394 g/mol. The summed E-state index contributed by atoms with van der Waals surface area (Å²) in [5, 5.41) is 4.91. The number of para-hydroxylation sites is 1. The third-order valence-electron chi connectivity index (χ3n) is 3.89. The molecule has 0 spiro atoms. The van der Waals surface area contributed by atoms with E-state index in [1.165, 1.54) is 11.3 Å². The van der Waals surface area contributed by atoms with Crippen LogP contribution in [0.15, 0.2) is 59.7 Å². The number of nitrogens with one attached hydrogen (secondary N) is 1. The fourth-order valence-corrected chi connectivity index (χ4v) is 3.42. The number of carbonyl (C=O) groups excluding carboxylic acids is 1. The highest BCUT2D eigenvalue weighted by Crippen LogP contribution is 2.27. The number of rotatable bonds is 7. The van der Waals surface area contributed by atoms with Gasteiger partial charge in [-0.15, -0.1) is 11.3 Å². The molecule has 3 aromatic rings. The molecule has 0 fully saturated rings. The SMILES string of the molecule is Cc1sc(-c2ccccc2)nc1C(=O)N/N=C\c1ccccc1OCC(C)C. The molecular formula is C22H23N3O2S. The highest BCUT2D eigenvalue weighted by Gasteiger charge is 2.15. The fraction of sp³-hybridized carbons (Fsp3) is 0.227. The van der Waals surface area contributed by atoms with Gasteiger partial charge in [-0.1, -0.05) is 56.3 Å². The molecule has 6 heteroatoms. The molecule has 3 rings (SSSR count). The molecule has 0 atom stereocenters. The Kier molecular flexibility index (Phi) is 6.55. The van der Waals surface area contributed by atoms with E-state index in [9.17, 15) is 4.79 Å². The minimum Gasteiger partial charge on any atom is -0.493 e. The van der Waals surface area contributed by atoms with E-state index in [4.69, 9.17) is 4.74 Å². The van der Waals surface area contributed by atoms with Gasteiger partial charge in [-0.05, 0) is 25.0 Å². The largest absolute Gasteiger partial charge is 0.493 e. The van der Waals surface area contributed by atoms with Gasteiger partial charge in [0.25, 0.3) is 5.91 Å². The van der Waals surface area contributed by atoms with Crippen LogP contribution in [0.25, 0.3) is 10.6 Å². The average Bonchev–Trinajstić information content (AvgIpc) is 3.09. The van der Waals surface area contributed by atoms with Crippen LogP contribution in [0.1, 0.15) is 34.8 Å². The molecule has 1 N–H and O–H groups in total. The third-order valence-corrected chi connectivity index (χ3v) is 4.91. The summed E-state index contributed by atoms with van der Waals surface area (Å²) >= 11 is 1.49. The molecular weight excluding hydrogens is 370 g/mol. The number of aromatic nitrogens is 1. The number of ether oxygens (including phenoxy) is 1. The lowest BCUT2D eigenvalue weighted by molar-refractivity contribution is 0.0950. The molecule has 0 saturated heterocycles. The van der Waals surface area contributed by atoms with Crippen molar-refractivity contribution in [1.29, 1.82) is 0 Å². The maximum absolute atomic E-state index is 12.5. The highest BCUT2D eigenvalue weighted by atomic mass is 32.1. The summed E-state index contributed by atoms with van der Waals surface area (Å²) in [6, 6.07) is 17.4. The molecule has 144 valence electrons. The second-order valence-electron chi connectivity index (χ2n) is 6.73. The Morgan fingerprint density at radius 2 is 1.89 bits per heavy atom. The van der Waals surface area contributed by atoms with Crippen LogP contribution in [0.2, 0.25) is 0 Å². The Morgan fingerprint density at radius 3 is 2.64 bits per heavy atom. The standard InChI is InChI=1S/C22H23N3O2S/c1-15(2)14-27-19-12-8-7-11-18(19)13-23-25-21(26)20-16(3)28-22(24-20)17-9-5-4-6-10-17/h4-13,15H,14H2,1-3H3,(H,25,26)/b23-13-. The van der Waals surface area contributed by atoms with Gasteiger partial charge in [-0.25, -0.2) is 10.4 Å². The van der Waals surface area contributed by atoms with E-state index in [0.29, 0.717) is 18.2 Å². The van der Waals surface area contributed by atoms with E-state index >= 15 is 0 Å². The van der Waals surface area contributed by atoms with Gasteiger partial charge >= 0.3 is 0 Å². The van der Waals surface area contributed by atoms with Crippen molar-refractivity contribution in [2.75, 3.05) is 6.61 Å². The molecule has 0 aliphatic heterocycles. The zero-order valence-electron chi connectivity index (χ0n) is 16.2. The predicted octanol–water partition coefficient (Wildman–Crippen LogP) is 4.92. The van der Waals surface area contributed by atoms with E-state index in [2.05, 4.69) is 29.4 Å². The fourth-order valence-electron chi connectivity index (χ4n) is 2.50. The quantitative estimate of drug-likeness (QED) is 0.458. The van der Waals surface area contributed by atoms with Crippen LogP contribution >= 0.6 is 11.3 Å². The van der Waals surface area contributed by atoms with Crippen LogP contribution in [0.4, 0.5) is 0 Å². The summed E-state index contributed by atoms with van der Waals surface area (Å²) in [6.45, 7) is 6.70. The Balaban J connectivity index is 1.69. The van der Waals surface area contributed by atoms with Gasteiger partial charge in [-0.3, -0.25) is 4.79 Å². The van der Waals surface area contributed by atoms with Gasteiger partial charge in [0.15, 0.2) is 0 Å². The maximum atomic E-state index is 12.5. The molecule has 1 amide bonds. The normalized spacial score (nSPS) is 11.1. The van der Waals surface area contributed by atoms with E-state index in [1.54, 1.807) is 6.21 Å². The van der Waals surface area contributed by atoms with Gasteiger partial charge in [0.1, 0.15) is 16.5 Å². The minimum atomic E-state index is -0.326. The summed E-state index contributed by atoms with van der Waals surface area (Å²) in [7, 11) is 0. The number of nitrogens with zero attached hydrogens (tertiary/aromatic N) is 2. The highest BCUT2D eigenvalue weighted by molar-refractivity contribution is 7.15. The first-order valence-corrected chi connectivity index (χ1v) is 9.94. The first-order valence-electron chi connectivity index (χ1n) is 9.12. The Labute approximate surface area is 169 Å². The van der Waals surface area contributed by atoms with Crippen LogP contribution in [0.3, 0.4) is 0 Å². The van der Waals surface area contributed by atoms with Crippen molar-refractivity contribution in [2.24, 2.45) is 11.0 Å². The zero-order valence-corrected chi connectivity index (χ0v) is 17.0. The van der Waals surface area contributed by atoms with Gasteiger partial charge in [0.2, 0.25) is 0 Å². The maximum Gasteiger partial charge on any atom is 0.291 e. The lowest BCUT2D eigenvalue weighted by Crippen LogP contribution is -2.19. The molecule has 5 nitrogen and oxygen atoms in total. The molecule has 1 aromatic heterocycles. The molecule has 0 aliphatic rings. The molecule has 0 unspecified atom stereocenters. The summed E-state index contributed by atoms with van der Waals surface area (Å²) in [6.07, 6.45) is 1.59. The zero-order chi connectivity index (χ0) is 19.9. The van der Waals surface area contributed by atoms with Crippen molar-refractivity contribution >= 4 is 23.5 Å². The number of carbonyl (C=O) groups is 1. The first kappa shape index (κ1) is 19.8. The number of hydrogen-bond acceptors (Lipinski definition) is 5. The molecule has 28 heavy (non-hydrogen) atoms. The number of benzene rings is 2. The Morgan fingerprint density at radius 1 is 1.18 bits per heavy atom. The van der Waals surface area contributed by atoms with Crippen molar-refractivity contribution in [1.82, 2.24) is 10.4 Å². The van der Waals surface area contributed by atoms with Gasteiger partial charge < -0.3 is 4.74 Å². The van der Waals surface area contributed by atoms with Gasteiger partial charge in [0, 0.05) is 16.0 Å². The monoisotopic (exact) mass is 393 g/mol. The summed E-state index contributed by atoms with van der Waals surface area (Å²) in [4.78, 5) is 17.8. The summed E-state index contributed by atoms with van der Waals surface area (Å²) in [5.41, 5.74) is 4.76. The Bertz CT molecular complexity index is 965.